The predicted octanol–water partition coefficient (Wildman–Crippen LogP) is 3.55. The lowest BCUT2D eigenvalue weighted by molar-refractivity contribution is 0.899. The molecule has 3 nitrogen and oxygen atoms in total. The standard InChI is InChI=1S/C14H13N3S/c15-10-3-4-13-12(7-10)16-14(9-1-2-9)17(13)11-5-6-18-8-11/h3-9H,1-2,15H2. The van der Waals surface area contributed by atoms with E-state index in [9.17, 15) is 0 Å². The van der Waals surface area contributed by atoms with Crippen molar-refractivity contribution in [1.29, 1.82) is 0 Å². The summed E-state index contributed by atoms with van der Waals surface area (Å²) in [5.74, 6) is 1.81. The molecule has 0 saturated heterocycles. The zero-order valence-corrected chi connectivity index (χ0v) is 10.7. The van der Waals surface area contributed by atoms with E-state index < -0.39 is 0 Å². The van der Waals surface area contributed by atoms with Gasteiger partial charge in [-0.1, -0.05) is 0 Å². The summed E-state index contributed by atoms with van der Waals surface area (Å²) in [7, 11) is 0. The predicted molar refractivity (Wildman–Crippen MR) is 75.3 cm³/mol. The minimum Gasteiger partial charge on any atom is -0.399 e. The molecule has 1 fully saturated rings. The van der Waals surface area contributed by atoms with Crippen LogP contribution in [0.1, 0.15) is 24.6 Å². The summed E-state index contributed by atoms with van der Waals surface area (Å²) in [6.45, 7) is 0. The Balaban J connectivity index is 2.05. The fourth-order valence-corrected chi connectivity index (χ4v) is 3.01. The number of fused-ring (bicyclic) bond motifs is 1. The van der Waals surface area contributed by atoms with Gasteiger partial charge >= 0.3 is 0 Å². The number of rotatable bonds is 2. The van der Waals surface area contributed by atoms with Crippen LogP contribution >= 0.6 is 11.3 Å². The zero-order valence-electron chi connectivity index (χ0n) is 9.84. The molecule has 0 unspecified atom stereocenters. The van der Waals surface area contributed by atoms with Crippen LogP contribution in [0.4, 0.5) is 5.69 Å². The third-order valence-corrected chi connectivity index (χ3v) is 4.08. The van der Waals surface area contributed by atoms with Gasteiger partial charge in [0, 0.05) is 17.0 Å². The van der Waals surface area contributed by atoms with Gasteiger partial charge in [0.2, 0.25) is 0 Å². The summed E-state index contributed by atoms with van der Waals surface area (Å²) < 4.78 is 2.28. The van der Waals surface area contributed by atoms with Crippen LogP contribution in [-0.4, -0.2) is 9.55 Å². The van der Waals surface area contributed by atoms with Crippen LogP contribution in [0.3, 0.4) is 0 Å². The van der Waals surface area contributed by atoms with Crippen LogP contribution in [0, 0.1) is 0 Å². The van der Waals surface area contributed by atoms with E-state index in [2.05, 4.69) is 27.5 Å². The fraction of sp³-hybridized carbons (Fsp3) is 0.214. The molecule has 2 heterocycles. The van der Waals surface area contributed by atoms with Crippen molar-refractivity contribution in [2.45, 2.75) is 18.8 Å². The van der Waals surface area contributed by atoms with Gasteiger partial charge in [-0.2, -0.15) is 11.3 Å². The Morgan fingerprint density at radius 1 is 1.28 bits per heavy atom. The summed E-state index contributed by atoms with van der Waals surface area (Å²) in [4.78, 5) is 4.78. The van der Waals surface area contributed by atoms with Crippen molar-refractivity contribution in [1.82, 2.24) is 9.55 Å². The third-order valence-electron chi connectivity index (χ3n) is 3.41. The maximum Gasteiger partial charge on any atom is 0.117 e. The maximum absolute atomic E-state index is 5.85. The van der Waals surface area contributed by atoms with Gasteiger partial charge in [-0.15, -0.1) is 0 Å². The Morgan fingerprint density at radius 3 is 2.89 bits per heavy atom. The number of hydrogen-bond acceptors (Lipinski definition) is 3. The maximum atomic E-state index is 5.85. The number of aromatic nitrogens is 2. The molecule has 90 valence electrons. The number of nitrogens with zero attached hydrogens (tertiary/aromatic N) is 2. The number of anilines is 1. The first-order valence-corrected chi connectivity index (χ1v) is 7.07. The van der Waals surface area contributed by atoms with E-state index in [1.54, 1.807) is 11.3 Å². The van der Waals surface area contributed by atoms with Crippen LogP contribution in [0.2, 0.25) is 0 Å². The van der Waals surface area contributed by atoms with Crippen molar-refractivity contribution in [2.24, 2.45) is 0 Å². The lowest BCUT2D eigenvalue weighted by Gasteiger charge is -2.05. The molecule has 1 aliphatic rings. The topological polar surface area (TPSA) is 43.8 Å². The fourth-order valence-electron chi connectivity index (χ4n) is 2.39. The molecule has 4 rings (SSSR count). The van der Waals surface area contributed by atoms with Gasteiger partial charge in [-0.25, -0.2) is 4.98 Å². The second-order valence-corrected chi connectivity index (χ2v) is 5.59. The summed E-state index contributed by atoms with van der Waals surface area (Å²) in [6, 6.07) is 8.13. The molecule has 1 aromatic carbocycles. The zero-order chi connectivity index (χ0) is 12.1. The lowest BCUT2D eigenvalue weighted by atomic mass is 10.3. The van der Waals surface area contributed by atoms with Crippen LogP contribution in [0.5, 0.6) is 0 Å². The number of nitrogens with two attached hydrogens (primary N) is 1. The highest BCUT2D eigenvalue weighted by molar-refractivity contribution is 7.08. The Labute approximate surface area is 109 Å². The molecular formula is C14H13N3S. The van der Waals surface area contributed by atoms with Gasteiger partial charge < -0.3 is 5.73 Å². The van der Waals surface area contributed by atoms with Gasteiger partial charge in [0.25, 0.3) is 0 Å². The van der Waals surface area contributed by atoms with E-state index in [0.29, 0.717) is 5.92 Å². The van der Waals surface area contributed by atoms with E-state index in [-0.39, 0.29) is 0 Å². The normalized spacial score (nSPS) is 15.3. The molecule has 1 aliphatic carbocycles. The average Bonchev–Trinajstić information content (AvgIpc) is 2.94. The highest BCUT2D eigenvalue weighted by Gasteiger charge is 2.30. The first-order chi connectivity index (χ1) is 8.83. The third kappa shape index (κ3) is 1.46. The number of thiophene rings is 1. The lowest BCUT2D eigenvalue weighted by Crippen LogP contribution is -1.98. The highest BCUT2D eigenvalue weighted by Crippen LogP contribution is 2.42. The summed E-state index contributed by atoms with van der Waals surface area (Å²) in [6.07, 6.45) is 2.51. The summed E-state index contributed by atoms with van der Waals surface area (Å²) in [5, 5.41) is 4.28. The molecule has 0 atom stereocenters. The average molecular weight is 255 g/mol. The van der Waals surface area contributed by atoms with Gasteiger partial charge in [0.15, 0.2) is 0 Å². The molecule has 0 bridgehead atoms. The molecule has 4 heteroatoms. The van der Waals surface area contributed by atoms with Crippen LogP contribution < -0.4 is 5.73 Å². The van der Waals surface area contributed by atoms with Crippen molar-refractivity contribution in [2.75, 3.05) is 5.73 Å². The van der Waals surface area contributed by atoms with Gasteiger partial charge in [0.05, 0.1) is 16.7 Å². The number of hydrogen-bond donors (Lipinski definition) is 1. The Kier molecular flexibility index (Phi) is 2.02. The minimum atomic E-state index is 0.624. The molecule has 2 N–H and O–H groups in total. The van der Waals surface area contributed by atoms with E-state index >= 15 is 0 Å². The van der Waals surface area contributed by atoms with Crippen LogP contribution in [0.15, 0.2) is 35.0 Å². The van der Waals surface area contributed by atoms with Gasteiger partial charge in [-0.05, 0) is 42.5 Å². The molecule has 0 radical (unpaired) electrons. The van der Waals surface area contributed by atoms with Gasteiger partial charge in [0.1, 0.15) is 5.82 Å². The number of benzene rings is 1. The SMILES string of the molecule is Nc1ccc2c(c1)nc(C1CC1)n2-c1ccsc1. The Bertz CT molecular complexity index is 708. The summed E-state index contributed by atoms with van der Waals surface area (Å²) >= 11 is 1.72. The monoisotopic (exact) mass is 255 g/mol. The summed E-state index contributed by atoms with van der Waals surface area (Å²) in [5.41, 5.74) is 10.0. The van der Waals surface area contributed by atoms with E-state index in [4.69, 9.17) is 10.7 Å². The smallest absolute Gasteiger partial charge is 0.117 e. The number of nitrogen functional groups attached to an aromatic ring is 1. The van der Waals surface area contributed by atoms with E-state index in [0.717, 1.165) is 16.7 Å². The second kappa shape index (κ2) is 3.59. The largest absolute Gasteiger partial charge is 0.399 e. The molecule has 18 heavy (non-hydrogen) atoms. The Morgan fingerprint density at radius 2 is 2.17 bits per heavy atom. The van der Waals surface area contributed by atoms with Crippen LogP contribution in [0.25, 0.3) is 16.7 Å². The molecule has 0 aliphatic heterocycles. The van der Waals surface area contributed by atoms with Crippen molar-refractivity contribution in [3.05, 3.63) is 40.8 Å². The van der Waals surface area contributed by atoms with E-state index in [1.165, 1.54) is 24.4 Å². The van der Waals surface area contributed by atoms with Gasteiger partial charge in [-0.3, -0.25) is 4.57 Å². The quantitative estimate of drug-likeness (QED) is 0.712. The molecule has 0 amide bonds. The second-order valence-electron chi connectivity index (χ2n) is 4.81. The number of imidazole rings is 1. The van der Waals surface area contributed by atoms with E-state index in [1.807, 2.05) is 12.1 Å². The minimum absolute atomic E-state index is 0.624. The van der Waals surface area contributed by atoms with Crippen molar-refractivity contribution >= 4 is 28.1 Å². The van der Waals surface area contributed by atoms with Crippen molar-refractivity contribution < 1.29 is 0 Å². The first kappa shape index (κ1) is 10.1. The Hall–Kier alpha value is -1.81. The molecule has 1 saturated carbocycles. The van der Waals surface area contributed by atoms with Crippen molar-refractivity contribution in [3.63, 3.8) is 0 Å². The molecule has 3 aromatic rings. The van der Waals surface area contributed by atoms with Crippen molar-refractivity contribution in [3.8, 4) is 5.69 Å². The molecule has 0 spiro atoms. The first-order valence-electron chi connectivity index (χ1n) is 6.13. The van der Waals surface area contributed by atoms with Crippen LogP contribution in [-0.2, 0) is 0 Å². The highest BCUT2D eigenvalue weighted by atomic mass is 32.1. The molecular weight excluding hydrogens is 242 g/mol. The molecule has 2 aromatic heterocycles.